The second kappa shape index (κ2) is 7.75. The highest BCUT2D eigenvalue weighted by Crippen LogP contribution is 2.37. The van der Waals surface area contributed by atoms with Crippen LogP contribution in [0.3, 0.4) is 0 Å². The molecule has 2 aromatic carbocycles. The summed E-state index contributed by atoms with van der Waals surface area (Å²) in [6, 6.07) is 12.4. The van der Waals surface area contributed by atoms with Crippen LogP contribution >= 0.6 is 11.8 Å². The van der Waals surface area contributed by atoms with E-state index in [-0.39, 0.29) is 12.5 Å². The van der Waals surface area contributed by atoms with Crippen molar-refractivity contribution in [3.63, 3.8) is 0 Å². The molecule has 2 heterocycles. The molecule has 0 aliphatic carbocycles. The van der Waals surface area contributed by atoms with Crippen LogP contribution < -0.4 is 10.2 Å². The molecule has 1 saturated heterocycles. The number of para-hydroxylation sites is 1. The summed E-state index contributed by atoms with van der Waals surface area (Å²) in [6.07, 6.45) is 0.804. The number of halogens is 1. The standard InChI is InChI=1S/C22H22FN3O3S/c1-14-11-12-25(17-5-3-4-6-18(17)30-14)19(27)13-26-20(28)22(2,24-21(26)29)15-7-9-16(23)10-8-15/h3-10,14H,11-13H2,1-2H3,(H,24,29)/t14-,22-/m0/s1. The molecule has 2 atom stereocenters. The molecule has 2 aliphatic heterocycles. The Bertz CT molecular complexity index is 1010. The highest BCUT2D eigenvalue weighted by Gasteiger charge is 2.49. The van der Waals surface area contributed by atoms with E-state index in [0.29, 0.717) is 17.4 Å². The molecule has 4 rings (SSSR count). The molecule has 156 valence electrons. The average Bonchev–Trinajstić information content (AvgIpc) is 2.85. The number of thioether (sulfide) groups is 1. The number of benzene rings is 2. The normalized spacial score (nSPS) is 23.8. The van der Waals surface area contributed by atoms with E-state index in [1.165, 1.54) is 24.3 Å². The summed E-state index contributed by atoms with van der Waals surface area (Å²) >= 11 is 1.71. The van der Waals surface area contributed by atoms with Crippen LogP contribution in [0.2, 0.25) is 0 Å². The second-order valence-corrected chi connectivity index (χ2v) is 9.16. The van der Waals surface area contributed by atoms with Crippen LogP contribution in [0.5, 0.6) is 0 Å². The summed E-state index contributed by atoms with van der Waals surface area (Å²) in [6.45, 7) is 3.84. The fourth-order valence-corrected chi connectivity index (χ4v) is 4.90. The number of nitrogens with one attached hydrogen (secondary N) is 1. The minimum Gasteiger partial charge on any atom is -0.319 e. The third-order valence-electron chi connectivity index (χ3n) is 5.53. The molecule has 0 saturated carbocycles. The third-order valence-corrected chi connectivity index (χ3v) is 6.77. The Morgan fingerprint density at radius 2 is 1.90 bits per heavy atom. The molecule has 8 heteroatoms. The van der Waals surface area contributed by atoms with E-state index in [9.17, 15) is 18.8 Å². The zero-order valence-corrected chi connectivity index (χ0v) is 17.5. The van der Waals surface area contributed by atoms with Gasteiger partial charge in [-0.1, -0.05) is 31.2 Å². The van der Waals surface area contributed by atoms with Crippen LogP contribution in [0.1, 0.15) is 25.8 Å². The highest BCUT2D eigenvalue weighted by molar-refractivity contribution is 8.00. The van der Waals surface area contributed by atoms with Crippen LogP contribution in [0.4, 0.5) is 14.9 Å². The highest BCUT2D eigenvalue weighted by atomic mass is 32.2. The van der Waals surface area contributed by atoms with E-state index >= 15 is 0 Å². The molecule has 30 heavy (non-hydrogen) atoms. The van der Waals surface area contributed by atoms with Gasteiger partial charge < -0.3 is 10.2 Å². The number of amides is 4. The molecule has 0 spiro atoms. The van der Waals surface area contributed by atoms with Gasteiger partial charge in [0.1, 0.15) is 17.9 Å². The summed E-state index contributed by atoms with van der Waals surface area (Å²) in [5.74, 6) is -1.28. The van der Waals surface area contributed by atoms with Gasteiger partial charge in [0.2, 0.25) is 5.91 Å². The van der Waals surface area contributed by atoms with Gasteiger partial charge in [0.25, 0.3) is 5.91 Å². The van der Waals surface area contributed by atoms with Gasteiger partial charge in [0, 0.05) is 16.7 Å². The molecule has 6 nitrogen and oxygen atoms in total. The number of anilines is 1. The lowest BCUT2D eigenvalue weighted by atomic mass is 9.92. The van der Waals surface area contributed by atoms with E-state index < -0.39 is 23.3 Å². The number of imide groups is 1. The van der Waals surface area contributed by atoms with E-state index in [0.717, 1.165) is 21.9 Å². The van der Waals surface area contributed by atoms with Crippen LogP contribution in [0.25, 0.3) is 0 Å². The van der Waals surface area contributed by atoms with Crippen LogP contribution in [-0.4, -0.2) is 41.1 Å². The lowest BCUT2D eigenvalue weighted by Gasteiger charge is -2.25. The Hall–Kier alpha value is -2.87. The van der Waals surface area contributed by atoms with Crippen molar-refractivity contribution in [3.8, 4) is 0 Å². The van der Waals surface area contributed by atoms with Crippen molar-refractivity contribution < 1.29 is 18.8 Å². The van der Waals surface area contributed by atoms with Crippen molar-refractivity contribution in [1.29, 1.82) is 0 Å². The van der Waals surface area contributed by atoms with Gasteiger partial charge in [0.05, 0.1) is 5.69 Å². The number of hydrogen-bond acceptors (Lipinski definition) is 4. The first kappa shape index (κ1) is 20.4. The van der Waals surface area contributed by atoms with Gasteiger partial charge in [0.15, 0.2) is 0 Å². The Morgan fingerprint density at radius 3 is 2.63 bits per heavy atom. The molecular weight excluding hydrogens is 405 g/mol. The fraction of sp³-hybridized carbons (Fsp3) is 0.318. The maximum Gasteiger partial charge on any atom is 0.325 e. The lowest BCUT2D eigenvalue weighted by Crippen LogP contribution is -2.45. The Labute approximate surface area is 178 Å². The van der Waals surface area contributed by atoms with Crippen molar-refractivity contribution in [3.05, 3.63) is 59.9 Å². The number of fused-ring (bicyclic) bond motifs is 1. The summed E-state index contributed by atoms with van der Waals surface area (Å²) < 4.78 is 13.3. The Morgan fingerprint density at radius 1 is 1.20 bits per heavy atom. The summed E-state index contributed by atoms with van der Waals surface area (Å²) in [5, 5.41) is 3.00. The molecular formula is C22H22FN3O3S. The monoisotopic (exact) mass is 427 g/mol. The quantitative estimate of drug-likeness (QED) is 0.761. The van der Waals surface area contributed by atoms with Crippen molar-refractivity contribution in [2.24, 2.45) is 0 Å². The summed E-state index contributed by atoms with van der Waals surface area (Å²) in [4.78, 5) is 42.4. The Kier molecular flexibility index (Phi) is 5.27. The molecule has 2 aliphatic rings. The molecule has 1 N–H and O–H groups in total. The second-order valence-electron chi connectivity index (χ2n) is 7.68. The molecule has 0 unspecified atom stereocenters. The molecule has 1 fully saturated rings. The van der Waals surface area contributed by atoms with Gasteiger partial charge in [-0.25, -0.2) is 9.18 Å². The summed E-state index contributed by atoms with van der Waals surface area (Å²) in [7, 11) is 0. The van der Waals surface area contributed by atoms with Gasteiger partial charge >= 0.3 is 6.03 Å². The predicted octanol–water partition coefficient (Wildman–Crippen LogP) is 3.51. The predicted molar refractivity (Wildman–Crippen MR) is 113 cm³/mol. The number of urea groups is 1. The van der Waals surface area contributed by atoms with Crippen LogP contribution in [0, 0.1) is 5.82 Å². The topological polar surface area (TPSA) is 69.7 Å². The first-order valence-corrected chi connectivity index (χ1v) is 10.6. The van der Waals surface area contributed by atoms with E-state index in [2.05, 4.69) is 12.2 Å². The molecule has 2 aromatic rings. The van der Waals surface area contributed by atoms with Crippen LogP contribution in [0.15, 0.2) is 53.4 Å². The number of hydrogen-bond donors (Lipinski definition) is 1. The first-order valence-electron chi connectivity index (χ1n) is 9.76. The van der Waals surface area contributed by atoms with Crippen molar-refractivity contribution in [2.45, 2.75) is 36.0 Å². The number of carbonyl (C=O) groups is 3. The zero-order chi connectivity index (χ0) is 21.5. The maximum absolute atomic E-state index is 13.3. The van der Waals surface area contributed by atoms with Gasteiger partial charge in [-0.15, -0.1) is 11.8 Å². The van der Waals surface area contributed by atoms with Gasteiger partial charge in [-0.2, -0.15) is 0 Å². The van der Waals surface area contributed by atoms with E-state index in [1.54, 1.807) is 23.6 Å². The van der Waals surface area contributed by atoms with Gasteiger partial charge in [-0.3, -0.25) is 14.5 Å². The first-order chi connectivity index (χ1) is 14.3. The van der Waals surface area contributed by atoms with Crippen molar-refractivity contribution >= 4 is 35.3 Å². The molecule has 0 bridgehead atoms. The minimum absolute atomic E-state index is 0.316. The molecule has 0 radical (unpaired) electrons. The smallest absolute Gasteiger partial charge is 0.319 e. The van der Waals surface area contributed by atoms with Crippen molar-refractivity contribution in [1.82, 2.24) is 10.2 Å². The molecule has 4 amide bonds. The Balaban J connectivity index is 1.57. The zero-order valence-electron chi connectivity index (χ0n) is 16.7. The SMILES string of the molecule is C[C@H]1CCN(C(=O)CN2C(=O)N[C@@](C)(c3ccc(F)cc3)C2=O)c2ccccc2S1. The van der Waals surface area contributed by atoms with Crippen molar-refractivity contribution in [2.75, 3.05) is 18.0 Å². The lowest BCUT2D eigenvalue weighted by molar-refractivity contribution is -0.134. The average molecular weight is 428 g/mol. The minimum atomic E-state index is -1.34. The summed E-state index contributed by atoms with van der Waals surface area (Å²) in [5.41, 5.74) is -0.0840. The molecule has 0 aromatic heterocycles. The third kappa shape index (κ3) is 3.56. The van der Waals surface area contributed by atoms with Gasteiger partial charge in [-0.05, 0) is 43.2 Å². The fourth-order valence-electron chi connectivity index (χ4n) is 3.79. The van der Waals surface area contributed by atoms with E-state index in [1.807, 2.05) is 24.3 Å². The number of rotatable bonds is 3. The van der Waals surface area contributed by atoms with E-state index in [4.69, 9.17) is 0 Å². The van der Waals surface area contributed by atoms with Crippen LogP contribution in [-0.2, 0) is 15.1 Å². The maximum atomic E-state index is 13.3. The number of carbonyl (C=O) groups excluding carboxylic acids is 3. The number of nitrogens with zero attached hydrogens (tertiary/aromatic N) is 2. The largest absolute Gasteiger partial charge is 0.325 e.